The van der Waals surface area contributed by atoms with E-state index in [4.69, 9.17) is 0 Å². The molecular weight excluding hydrogens is 254 g/mol. The van der Waals surface area contributed by atoms with Crippen molar-refractivity contribution >= 4 is 11.3 Å². The maximum atomic E-state index is 13.6. The third kappa shape index (κ3) is 2.60. The molecule has 0 bridgehead atoms. The van der Waals surface area contributed by atoms with E-state index in [1.165, 1.54) is 23.5 Å². The van der Waals surface area contributed by atoms with E-state index in [1.54, 1.807) is 6.92 Å². The van der Waals surface area contributed by atoms with Crippen LogP contribution in [0.2, 0.25) is 0 Å². The van der Waals surface area contributed by atoms with Gasteiger partial charge in [0.15, 0.2) is 0 Å². The Morgan fingerprint density at radius 3 is 2.56 bits per heavy atom. The molecule has 0 aliphatic carbocycles. The van der Waals surface area contributed by atoms with E-state index >= 15 is 0 Å². The lowest BCUT2D eigenvalue weighted by Gasteiger charge is -2.23. The number of thiophene rings is 1. The second-order valence-corrected chi connectivity index (χ2v) is 5.54. The molecule has 96 valence electrons. The number of halogens is 2. The minimum atomic E-state index is -1.14. The van der Waals surface area contributed by atoms with Gasteiger partial charge < -0.3 is 5.11 Å². The molecule has 1 heterocycles. The lowest BCUT2D eigenvalue weighted by atomic mass is 9.93. The Kier molecular flexibility index (Phi) is 3.50. The van der Waals surface area contributed by atoms with E-state index in [9.17, 15) is 13.9 Å². The number of aryl methyl sites for hydroxylation is 1. The molecule has 0 spiro atoms. The molecule has 1 atom stereocenters. The first kappa shape index (κ1) is 13.2. The third-order valence-electron chi connectivity index (χ3n) is 2.90. The molecule has 1 nitrogen and oxygen atoms in total. The normalized spacial score (nSPS) is 14.5. The smallest absolute Gasteiger partial charge is 0.129 e. The molecular formula is C14H14F2OS. The van der Waals surface area contributed by atoms with Crippen LogP contribution in [-0.2, 0) is 12.0 Å². The Bertz CT molecular complexity index is 561. The van der Waals surface area contributed by atoms with Gasteiger partial charge in [-0.3, -0.25) is 0 Å². The minimum Gasteiger partial charge on any atom is -0.384 e. The van der Waals surface area contributed by atoms with Crippen LogP contribution in [-0.4, -0.2) is 5.11 Å². The van der Waals surface area contributed by atoms with E-state index in [0.29, 0.717) is 5.56 Å². The highest BCUT2D eigenvalue weighted by molar-refractivity contribution is 7.10. The first-order valence-electron chi connectivity index (χ1n) is 5.61. The highest BCUT2D eigenvalue weighted by atomic mass is 32.1. The summed E-state index contributed by atoms with van der Waals surface area (Å²) in [6.07, 6.45) is 0.125. The van der Waals surface area contributed by atoms with Gasteiger partial charge in [-0.2, -0.15) is 0 Å². The molecule has 0 amide bonds. The number of aliphatic hydroxyl groups is 1. The average molecular weight is 268 g/mol. The maximum absolute atomic E-state index is 13.6. The summed E-state index contributed by atoms with van der Waals surface area (Å²) in [5.41, 5.74) is 0.151. The fraction of sp³-hybridized carbons (Fsp3) is 0.286. The van der Waals surface area contributed by atoms with Gasteiger partial charge in [0.1, 0.15) is 17.2 Å². The van der Waals surface area contributed by atoms with E-state index in [1.807, 2.05) is 18.4 Å². The molecule has 4 heteroatoms. The fourth-order valence-corrected chi connectivity index (χ4v) is 3.03. The predicted octanol–water partition coefficient (Wildman–Crippen LogP) is 3.78. The fourth-order valence-electron chi connectivity index (χ4n) is 2.04. The van der Waals surface area contributed by atoms with Crippen LogP contribution in [0.5, 0.6) is 0 Å². The SMILES string of the molecule is Cc1ccsc1C(C)(O)Cc1ccc(F)cc1F. The third-order valence-corrected chi connectivity index (χ3v) is 4.17. The summed E-state index contributed by atoms with van der Waals surface area (Å²) in [5.74, 6) is -1.23. The summed E-state index contributed by atoms with van der Waals surface area (Å²) < 4.78 is 26.4. The lowest BCUT2D eigenvalue weighted by molar-refractivity contribution is 0.0599. The van der Waals surface area contributed by atoms with E-state index in [2.05, 4.69) is 0 Å². The second-order valence-electron chi connectivity index (χ2n) is 4.62. The van der Waals surface area contributed by atoms with Crippen molar-refractivity contribution in [2.24, 2.45) is 0 Å². The Balaban J connectivity index is 2.30. The predicted molar refractivity (Wildman–Crippen MR) is 68.7 cm³/mol. The summed E-state index contributed by atoms with van der Waals surface area (Å²) in [4.78, 5) is 0.811. The van der Waals surface area contributed by atoms with Gasteiger partial charge in [-0.25, -0.2) is 8.78 Å². The molecule has 0 saturated heterocycles. The summed E-state index contributed by atoms with van der Waals surface area (Å²) in [6.45, 7) is 3.55. The van der Waals surface area contributed by atoms with E-state index in [0.717, 1.165) is 16.5 Å². The van der Waals surface area contributed by atoms with Crippen LogP contribution in [0.15, 0.2) is 29.6 Å². The van der Waals surface area contributed by atoms with Crippen LogP contribution in [0.1, 0.15) is 22.9 Å². The molecule has 0 aliphatic heterocycles. The molecule has 18 heavy (non-hydrogen) atoms. The number of hydrogen-bond acceptors (Lipinski definition) is 2. The molecule has 1 aromatic heterocycles. The second kappa shape index (κ2) is 4.78. The van der Waals surface area contributed by atoms with Gasteiger partial charge in [0.25, 0.3) is 0 Å². The molecule has 1 aromatic carbocycles. The van der Waals surface area contributed by atoms with Crippen molar-refractivity contribution in [3.63, 3.8) is 0 Å². The van der Waals surface area contributed by atoms with Crippen LogP contribution in [0.25, 0.3) is 0 Å². The number of hydrogen-bond donors (Lipinski definition) is 1. The summed E-state index contributed by atoms with van der Waals surface area (Å²) in [7, 11) is 0. The molecule has 0 saturated carbocycles. The van der Waals surface area contributed by atoms with Gasteiger partial charge >= 0.3 is 0 Å². The highest BCUT2D eigenvalue weighted by Gasteiger charge is 2.27. The Morgan fingerprint density at radius 2 is 2.00 bits per heavy atom. The average Bonchev–Trinajstić information content (AvgIpc) is 2.69. The highest BCUT2D eigenvalue weighted by Crippen LogP contribution is 2.32. The van der Waals surface area contributed by atoms with Crippen LogP contribution >= 0.6 is 11.3 Å². The van der Waals surface area contributed by atoms with Crippen LogP contribution in [0.3, 0.4) is 0 Å². The first-order valence-corrected chi connectivity index (χ1v) is 6.49. The molecule has 0 fully saturated rings. The van der Waals surface area contributed by atoms with Gasteiger partial charge in [0.05, 0.1) is 0 Å². The Labute approximate surface area is 109 Å². The summed E-state index contributed by atoms with van der Waals surface area (Å²) in [5, 5.41) is 12.3. The van der Waals surface area contributed by atoms with Crippen LogP contribution < -0.4 is 0 Å². The molecule has 2 rings (SSSR count). The monoisotopic (exact) mass is 268 g/mol. The molecule has 1 unspecified atom stereocenters. The number of benzene rings is 1. The van der Waals surface area contributed by atoms with Gasteiger partial charge in [0, 0.05) is 17.4 Å². The number of rotatable bonds is 3. The zero-order valence-corrected chi connectivity index (χ0v) is 11.0. The Morgan fingerprint density at radius 1 is 1.28 bits per heavy atom. The minimum absolute atomic E-state index is 0.125. The molecule has 1 N–H and O–H groups in total. The zero-order chi connectivity index (χ0) is 13.3. The van der Waals surface area contributed by atoms with Crippen LogP contribution in [0, 0.1) is 18.6 Å². The first-order chi connectivity index (χ1) is 8.40. The van der Waals surface area contributed by atoms with E-state index < -0.39 is 17.2 Å². The van der Waals surface area contributed by atoms with Gasteiger partial charge in [-0.05, 0) is 42.5 Å². The maximum Gasteiger partial charge on any atom is 0.129 e. The van der Waals surface area contributed by atoms with Crippen molar-refractivity contribution in [3.05, 3.63) is 57.3 Å². The van der Waals surface area contributed by atoms with Crippen molar-refractivity contribution in [3.8, 4) is 0 Å². The molecule has 0 radical (unpaired) electrons. The van der Waals surface area contributed by atoms with Gasteiger partial charge in [-0.1, -0.05) is 6.07 Å². The van der Waals surface area contributed by atoms with Gasteiger partial charge in [0.2, 0.25) is 0 Å². The van der Waals surface area contributed by atoms with Crippen molar-refractivity contribution < 1.29 is 13.9 Å². The van der Waals surface area contributed by atoms with Crippen molar-refractivity contribution in [1.82, 2.24) is 0 Å². The molecule has 2 aromatic rings. The molecule has 0 aliphatic rings. The summed E-state index contributed by atoms with van der Waals surface area (Å²) >= 11 is 1.44. The quantitative estimate of drug-likeness (QED) is 0.898. The van der Waals surface area contributed by atoms with Crippen molar-refractivity contribution in [2.75, 3.05) is 0 Å². The van der Waals surface area contributed by atoms with E-state index in [-0.39, 0.29) is 6.42 Å². The largest absolute Gasteiger partial charge is 0.384 e. The lowest BCUT2D eigenvalue weighted by Crippen LogP contribution is -2.24. The topological polar surface area (TPSA) is 20.2 Å². The van der Waals surface area contributed by atoms with Crippen molar-refractivity contribution in [2.45, 2.75) is 25.9 Å². The Hall–Kier alpha value is -1.26. The van der Waals surface area contributed by atoms with Crippen LogP contribution in [0.4, 0.5) is 8.78 Å². The zero-order valence-electron chi connectivity index (χ0n) is 10.2. The summed E-state index contributed by atoms with van der Waals surface area (Å²) in [6, 6.07) is 5.33. The van der Waals surface area contributed by atoms with Crippen molar-refractivity contribution in [1.29, 1.82) is 0 Å². The van der Waals surface area contributed by atoms with Gasteiger partial charge in [-0.15, -0.1) is 11.3 Å². The standard InChI is InChI=1S/C14H14F2OS/c1-9-5-6-18-13(9)14(2,17)8-10-3-4-11(15)7-12(10)16/h3-7,17H,8H2,1-2H3.